The molecular formula is C25H35NO2. The fraction of sp³-hybridized carbons (Fsp3) is 0.600. The second-order valence-electron chi connectivity index (χ2n) is 8.43. The summed E-state index contributed by atoms with van der Waals surface area (Å²) in [4.78, 5) is 26.3. The van der Waals surface area contributed by atoms with Gasteiger partial charge in [-0.1, -0.05) is 58.6 Å². The van der Waals surface area contributed by atoms with Crippen LogP contribution >= 0.6 is 0 Å². The first-order valence-electron chi connectivity index (χ1n) is 11.3. The van der Waals surface area contributed by atoms with Crippen LogP contribution < -0.4 is 0 Å². The van der Waals surface area contributed by atoms with Gasteiger partial charge in [-0.15, -0.1) is 0 Å². The number of carbonyl (C=O) groups excluding carboxylic acids is 2. The van der Waals surface area contributed by atoms with Crippen LogP contribution in [0.1, 0.15) is 106 Å². The number of amides is 2. The third-order valence-electron chi connectivity index (χ3n) is 6.37. The van der Waals surface area contributed by atoms with Crippen molar-refractivity contribution in [3.63, 3.8) is 0 Å². The fourth-order valence-electron chi connectivity index (χ4n) is 4.78. The molecule has 1 aromatic carbocycles. The third-order valence-corrected chi connectivity index (χ3v) is 6.37. The van der Waals surface area contributed by atoms with E-state index < -0.39 is 0 Å². The summed E-state index contributed by atoms with van der Waals surface area (Å²) in [6.07, 6.45) is 14.3. The summed E-state index contributed by atoms with van der Waals surface area (Å²) >= 11 is 0. The zero-order chi connectivity index (χ0) is 20.1. The van der Waals surface area contributed by atoms with Gasteiger partial charge in [-0.25, -0.2) is 0 Å². The fourth-order valence-corrected chi connectivity index (χ4v) is 4.78. The molecule has 0 saturated heterocycles. The summed E-state index contributed by atoms with van der Waals surface area (Å²) in [5.41, 5.74) is 5.56. The third kappa shape index (κ3) is 4.24. The average Bonchev–Trinajstić information content (AvgIpc) is 3.21. The first-order chi connectivity index (χ1) is 13.6. The molecule has 0 bridgehead atoms. The lowest BCUT2D eigenvalue weighted by Crippen LogP contribution is -2.33. The van der Waals surface area contributed by atoms with Gasteiger partial charge in [0, 0.05) is 12.2 Å². The van der Waals surface area contributed by atoms with Gasteiger partial charge < -0.3 is 0 Å². The van der Waals surface area contributed by atoms with Crippen LogP contribution in [0, 0.1) is 0 Å². The number of rotatable bonds is 10. The molecule has 2 aliphatic rings. The topological polar surface area (TPSA) is 37.4 Å². The largest absolute Gasteiger partial charge is 0.269 e. The van der Waals surface area contributed by atoms with Crippen LogP contribution in [0.15, 0.2) is 24.3 Å². The highest BCUT2D eigenvalue weighted by Gasteiger charge is 2.40. The lowest BCUT2D eigenvalue weighted by molar-refractivity contribution is -0.139. The highest BCUT2D eigenvalue weighted by molar-refractivity contribution is 6.13. The molecule has 28 heavy (non-hydrogen) atoms. The zero-order valence-corrected chi connectivity index (χ0v) is 17.8. The van der Waals surface area contributed by atoms with E-state index in [0.29, 0.717) is 5.92 Å². The van der Waals surface area contributed by atoms with Crippen molar-refractivity contribution in [1.29, 1.82) is 0 Å². The van der Waals surface area contributed by atoms with Gasteiger partial charge in [-0.05, 0) is 66.7 Å². The van der Waals surface area contributed by atoms with Crippen LogP contribution in [-0.2, 0) is 22.4 Å². The molecule has 0 unspecified atom stereocenters. The van der Waals surface area contributed by atoms with Gasteiger partial charge in [0.15, 0.2) is 0 Å². The standard InChI is InChI=1S/C25H35NO2/c1-4-7-10-18-15-21-20(12-9-6-3)17-23(26-24(27)13-14-25(26)28)22(21)16-19(18)11-8-5-2/h13-16,20,23H,4-12,17H2,1-3H3/t20-,23-/m0/s1. The number of aryl methyl sites for hydroxylation is 2. The van der Waals surface area contributed by atoms with E-state index in [1.807, 2.05) is 0 Å². The summed E-state index contributed by atoms with van der Waals surface area (Å²) in [5.74, 6) is 0.159. The van der Waals surface area contributed by atoms with E-state index in [2.05, 4.69) is 32.9 Å². The van der Waals surface area contributed by atoms with Crippen molar-refractivity contribution in [2.24, 2.45) is 0 Å². The summed E-state index contributed by atoms with van der Waals surface area (Å²) in [7, 11) is 0. The smallest absolute Gasteiger partial charge is 0.254 e. The zero-order valence-electron chi connectivity index (χ0n) is 17.8. The first-order valence-corrected chi connectivity index (χ1v) is 11.3. The molecule has 152 valence electrons. The van der Waals surface area contributed by atoms with E-state index >= 15 is 0 Å². The van der Waals surface area contributed by atoms with Gasteiger partial charge in [0.2, 0.25) is 0 Å². The van der Waals surface area contributed by atoms with E-state index in [1.54, 1.807) is 0 Å². The minimum Gasteiger partial charge on any atom is -0.269 e. The number of imide groups is 1. The number of benzene rings is 1. The maximum Gasteiger partial charge on any atom is 0.254 e. The number of hydrogen-bond donors (Lipinski definition) is 0. The minimum atomic E-state index is -0.151. The van der Waals surface area contributed by atoms with Gasteiger partial charge in [-0.2, -0.15) is 0 Å². The van der Waals surface area contributed by atoms with Crippen LogP contribution in [0.4, 0.5) is 0 Å². The number of nitrogens with zero attached hydrogens (tertiary/aromatic N) is 1. The highest BCUT2D eigenvalue weighted by atomic mass is 16.2. The summed E-state index contributed by atoms with van der Waals surface area (Å²) in [5, 5.41) is 0. The molecule has 2 amide bonds. The predicted molar refractivity (Wildman–Crippen MR) is 114 cm³/mol. The maximum absolute atomic E-state index is 12.4. The molecule has 3 heteroatoms. The molecule has 0 N–H and O–H groups in total. The molecule has 1 aliphatic carbocycles. The summed E-state index contributed by atoms with van der Waals surface area (Å²) in [6.45, 7) is 6.71. The van der Waals surface area contributed by atoms with E-state index in [4.69, 9.17) is 0 Å². The number of hydrogen-bond acceptors (Lipinski definition) is 2. The quantitative estimate of drug-likeness (QED) is 0.465. The molecule has 3 nitrogen and oxygen atoms in total. The highest BCUT2D eigenvalue weighted by Crippen LogP contribution is 2.47. The van der Waals surface area contributed by atoms with Gasteiger partial charge in [-0.3, -0.25) is 14.5 Å². The SMILES string of the molecule is CCCCc1cc2c(cc1CCCC)[C@@H](N1C(=O)C=CC1=O)C[C@@H]2CCCC. The van der Waals surface area contributed by atoms with Gasteiger partial charge >= 0.3 is 0 Å². The Bertz CT molecular complexity index is 731. The van der Waals surface area contributed by atoms with Crippen molar-refractivity contribution >= 4 is 11.8 Å². The first kappa shape index (κ1) is 20.8. The molecule has 1 heterocycles. The van der Waals surface area contributed by atoms with E-state index in [0.717, 1.165) is 25.7 Å². The van der Waals surface area contributed by atoms with E-state index in [1.165, 1.54) is 77.8 Å². The van der Waals surface area contributed by atoms with Crippen LogP contribution in [0.2, 0.25) is 0 Å². The number of unbranched alkanes of at least 4 members (excludes halogenated alkanes) is 3. The van der Waals surface area contributed by atoms with Crippen molar-refractivity contribution in [2.75, 3.05) is 0 Å². The van der Waals surface area contributed by atoms with Crippen molar-refractivity contribution in [1.82, 2.24) is 4.90 Å². The Kier molecular flexibility index (Phi) is 7.09. The van der Waals surface area contributed by atoms with E-state index in [9.17, 15) is 9.59 Å². The van der Waals surface area contributed by atoms with Crippen LogP contribution in [0.5, 0.6) is 0 Å². The molecule has 0 fully saturated rings. The predicted octanol–water partition coefficient (Wildman–Crippen LogP) is 6.02. The molecule has 0 saturated carbocycles. The van der Waals surface area contributed by atoms with Crippen LogP contribution in [0.25, 0.3) is 0 Å². The molecule has 2 atom stereocenters. The molecule has 0 radical (unpaired) electrons. The van der Waals surface area contributed by atoms with Crippen LogP contribution in [0.3, 0.4) is 0 Å². The van der Waals surface area contributed by atoms with Crippen molar-refractivity contribution in [2.45, 2.75) is 96.9 Å². The molecule has 0 aromatic heterocycles. The second-order valence-corrected chi connectivity index (χ2v) is 8.43. The molecule has 1 aliphatic heterocycles. The number of carbonyl (C=O) groups is 2. The maximum atomic E-state index is 12.4. The van der Waals surface area contributed by atoms with E-state index in [-0.39, 0.29) is 17.9 Å². The minimum absolute atomic E-state index is 0.0903. The summed E-state index contributed by atoms with van der Waals surface area (Å²) < 4.78 is 0. The Morgan fingerprint density at radius 1 is 0.821 bits per heavy atom. The van der Waals surface area contributed by atoms with Crippen molar-refractivity contribution < 1.29 is 9.59 Å². The Morgan fingerprint density at radius 2 is 1.36 bits per heavy atom. The number of fused-ring (bicyclic) bond motifs is 1. The normalized spacial score (nSPS) is 21.0. The monoisotopic (exact) mass is 381 g/mol. The second kappa shape index (κ2) is 9.54. The molecule has 1 aromatic rings. The lowest BCUT2D eigenvalue weighted by Gasteiger charge is -2.24. The molecule has 3 rings (SSSR count). The Balaban J connectivity index is 2.00. The van der Waals surface area contributed by atoms with Crippen LogP contribution in [-0.4, -0.2) is 16.7 Å². The Morgan fingerprint density at radius 3 is 1.89 bits per heavy atom. The van der Waals surface area contributed by atoms with Gasteiger partial charge in [0.1, 0.15) is 0 Å². The van der Waals surface area contributed by atoms with Crippen molar-refractivity contribution in [3.8, 4) is 0 Å². The van der Waals surface area contributed by atoms with Gasteiger partial charge in [0.25, 0.3) is 11.8 Å². The van der Waals surface area contributed by atoms with Crippen molar-refractivity contribution in [3.05, 3.63) is 46.5 Å². The molecular weight excluding hydrogens is 346 g/mol. The molecule has 0 spiro atoms. The summed E-state index contributed by atoms with van der Waals surface area (Å²) in [6, 6.07) is 4.70. The van der Waals surface area contributed by atoms with Gasteiger partial charge in [0.05, 0.1) is 6.04 Å². The lowest BCUT2D eigenvalue weighted by atomic mass is 9.89. The Labute approximate surface area is 170 Å². The average molecular weight is 382 g/mol. The Hall–Kier alpha value is -1.90.